The molecule has 0 aliphatic heterocycles. The number of hydrogen-bond acceptors (Lipinski definition) is 4. The number of aromatic amines is 1. The number of nitrogens with one attached hydrogen (secondary N) is 1. The summed E-state index contributed by atoms with van der Waals surface area (Å²) < 4.78 is 5.65. The predicted molar refractivity (Wildman–Crippen MR) is 87.6 cm³/mol. The molecular weight excluding hydrogens is 278 g/mol. The first kappa shape index (κ1) is 14.1. The van der Waals surface area contributed by atoms with Crippen molar-refractivity contribution in [2.24, 2.45) is 0 Å². The van der Waals surface area contributed by atoms with Crippen LogP contribution in [0.4, 0.5) is 5.95 Å². The van der Waals surface area contributed by atoms with E-state index in [1.54, 1.807) is 6.07 Å². The lowest BCUT2D eigenvalue weighted by Crippen LogP contribution is -2.27. The molecule has 1 N–H and O–H groups in total. The molecule has 0 fully saturated rings. The van der Waals surface area contributed by atoms with Crippen molar-refractivity contribution in [3.8, 4) is 5.75 Å². The van der Waals surface area contributed by atoms with E-state index in [1.165, 1.54) is 0 Å². The van der Waals surface area contributed by atoms with Gasteiger partial charge in [-0.2, -0.15) is 0 Å². The fourth-order valence-corrected chi connectivity index (χ4v) is 2.18. The van der Waals surface area contributed by atoms with E-state index in [0.717, 1.165) is 5.75 Å². The molecule has 0 atom stereocenters. The quantitative estimate of drug-likeness (QED) is 0.785. The minimum atomic E-state index is -0.128. The largest absolute Gasteiger partial charge is 0.492 e. The summed E-state index contributed by atoms with van der Waals surface area (Å²) in [6.45, 7) is 1.13. The van der Waals surface area contributed by atoms with Gasteiger partial charge in [0.1, 0.15) is 12.4 Å². The zero-order valence-corrected chi connectivity index (χ0v) is 12.3. The molecule has 1 aromatic heterocycles. The monoisotopic (exact) mass is 295 g/mol. The van der Waals surface area contributed by atoms with Crippen LogP contribution >= 0.6 is 0 Å². The summed E-state index contributed by atoms with van der Waals surface area (Å²) in [5.41, 5.74) is 0.563. The first-order valence-corrected chi connectivity index (χ1v) is 7.12. The van der Waals surface area contributed by atoms with E-state index >= 15 is 0 Å². The summed E-state index contributed by atoms with van der Waals surface area (Å²) in [7, 11) is 1.88. The number of aromatic nitrogens is 2. The Morgan fingerprint density at radius 2 is 1.82 bits per heavy atom. The lowest BCUT2D eigenvalue weighted by Gasteiger charge is -2.18. The summed E-state index contributed by atoms with van der Waals surface area (Å²) >= 11 is 0. The zero-order valence-electron chi connectivity index (χ0n) is 12.3. The highest BCUT2D eigenvalue weighted by Crippen LogP contribution is 2.11. The number of hydrogen-bond donors (Lipinski definition) is 1. The van der Waals surface area contributed by atoms with E-state index in [2.05, 4.69) is 9.97 Å². The van der Waals surface area contributed by atoms with Gasteiger partial charge in [0.05, 0.1) is 17.4 Å². The number of ether oxygens (including phenoxy) is 1. The van der Waals surface area contributed by atoms with Crippen molar-refractivity contribution in [1.29, 1.82) is 0 Å². The maximum atomic E-state index is 12.0. The van der Waals surface area contributed by atoms with Crippen LogP contribution in [0.15, 0.2) is 59.4 Å². The first-order valence-electron chi connectivity index (χ1n) is 7.12. The van der Waals surface area contributed by atoms with Crippen molar-refractivity contribution in [2.75, 3.05) is 25.1 Å². The first-order chi connectivity index (χ1) is 10.7. The Bertz CT molecular complexity index is 815. The van der Waals surface area contributed by atoms with Gasteiger partial charge in [-0.25, -0.2) is 4.98 Å². The van der Waals surface area contributed by atoms with Gasteiger partial charge >= 0.3 is 0 Å². The van der Waals surface area contributed by atoms with E-state index in [4.69, 9.17) is 4.74 Å². The van der Waals surface area contributed by atoms with E-state index in [-0.39, 0.29) is 5.56 Å². The molecule has 1 heterocycles. The minimum absolute atomic E-state index is 0.128. The van der Waals surface area contributed by atoms with Gasteiger partial charge in [-0.15, -0.1) is 0 Å². The van der Waals surface area contributed by atoms with Gasteiger partial charge in [0, 0.05) is 7.05 Å². The van der Waals surface area contributed by atoms with Crippen LogP contribution in [-0.4, -0.2) is 30.2 Å². The van der Waals surface area contributed by atoms with Crippen LogP contribution in [0, 0.1) is 0 Å². The number of rotatable bonds is 5. The van der Waals surface area contributed by atoms with Crippen LogP contribution in [0.25, 0.3) is 10.9 Å². The summed E-state index contributed by atoms with van der Waals surface area (Å²) in [6, 6.07) is 16.9. The lowest BCUT2D eigenvalue weighted by molar-refractivity contribution is 0.325. The third-order valence-electron chi connectivity index (χ3n) is 3.40. The summed E-state index contributed by atoms with van der Waals surface area (Å²) in [6.07, 6.45) is 0. The fourth-order valence-electron chi connectivity index (χ4n) is 2.18. The van der Waals surface area contributed by atoms with Crippen LogP contribution < -0.4 is 15.2 Å². The van der Waals surface area contributed by atoms with Crippen molar-refractivity contribution in [1.82, 2.24) is 9.97 Å². The normalized spacial score (nSPS) is 10.6. The maximum absolute atomic E-state index is 12.0. The number of para-hydroxylation sites is 2. The number of H-pyrrole nitrogens is 1. The molecule has 0 saturated heterocycles. The second-order valence-corrected chi connectivity index (χ2v) is 4.99. The van der Waals surface area contributed by atoms with Crippen LogP contribution in [0.5, 0.6) is 5.75 Å². The van der Waals surface area contributed by atoms with Gasteiger partial charge in [0.2, 0.25) is 5.95 Å². The van der Waals surface area contributed by atoms with Crippen molar-refractivity contribution in [3.05, 3.63) is 65.0 Å². The standard InChI is InChI=1S/C17H17N3O2/c1-20(11-12-22-13-7-3-2-4-8-13)17-18-15-10-6-5-9-14(15)16(21)19-17/h2-10H,11-12H2,1H3,(H,18,19,21). The molecule has 0 amide bonds. The molecule has 0 spiro atoms. The molecule has 112 valence electrons. The Balaban J connectivity index is 1.70. The van der Waals surface area contributed by atoms with Crippen LogP contribution in [0.2, 0.25) is 0 Å². The van der Waals surface area contributed by atoms with Crippen molar-refractivity contribution in [3.63, 3.8) is 0 Å². The van der Waals surface area contributed by atoms with Gasteiger partial charge in [-0.05, 0) is 24.3 Å². The molecule has 0 radical (unpaired) electrons. The van der Waals surface area contributed by atoms with Gasteiger partial charge in [-0.1, -0.05) is 30.3 Å². The average Bonchev–Trinajstić information content (AvgIpc) is 2.56. The number of anilines is 1. The highest BCUT2D eigenvalue weighted by molar-refractivity contribution is 5.78. The maximum Gasteiger partial charge on any atom is 0.260 e. The topological polar surface area (TPSA) is 58.2 Å². The number of nitrogens with zero attached hydrogens (tertiary/aromatic N) is 2. The molecule has 22 heavy (non-hydrogen) atoms. The smallest absolute Gasteiger partial charge is 0.260 e. The van der Waals surface area contributed by atoms with Crippen molar-refractivity contribution < 1.29 is 4.74 Å². The van der Waals surface area contributed by atoms with Crippen LogP contribution in [0.3, 0.4) is 0 Å². The molecule has 3 aromatic rings. The molecule has 2 aromatic carbocycles. The minimum Gasteiger partial charge on any atom is -0.492 e. The van der Waals surface area contributed by atoms with Gasteiger partial charge < -0.3 is 9.64 Å². The third kappa shape index (κ3) is 3.09. The molecule has 5 heteroatoms. The SMILES string of the molecule is CN(CCOc1ccccc1)c1nc2ccccc2c(=O)[nH]1. The summed E-state index contributed by atoms with van der Waals surface area (Å²) in [4.78, 5) is 21.2. The Kier molecular flexibility index (Phi) is 4.05. The summed E-state index contributed by atoms with van der Waals surface area (Å²) in [5, 5.41) is 0.597. The molecule has 0 saturated carbocycles. The fraction of sp³-hybridized carbons (Fsp3) is 0.176. The second-order valence-electron chi connectivity index (χ2n) is 4.99. The van der Waals surface area contributed by atoms with E-state index in [0.29, 0.717) is 30.0 Å². The number of likely N-dealkylation sites (N-methyl/N-ethyl adjacent to an activating group) is 1. The third-order valence-corrected chi connectivity index (χ3v) is 3.40. The Morgan fingerprint density at radius 3 is 2.64 bits per heavy atom. The van der Waals surface area contributed by atoms with Gasteiger partial charge in [-0.3, -0.25) is 9.78 Å². The average molecular weight is 295 g/mol. The zero-order chi connectivity index (χ0) is 15.4. The Labute approximate surface area is 128 Å². The number of benzene rings is 2. The van der Waals surface area contributed by atoms with E-state index < -0.39 is 0 Å². The highest BCUT2D eigenvalue weighted by atomic mass is 16.5. The second kappa shape index (κ2) is 6.30. The van der Waals surface area contributed by atoms with Crippen LogP contribution in [-0.2, 0) is 0 Å². The van der Waals surface area contributed by atoms with Gasteiger partial charge in [0.25, 0.3) is 5.56 Å². The molecule has 0 aliphatic carbocycles. The molecule has 0 aliphatic rings. The molecule has 5 nitrogen and oxygen atoms in total. The number of fused-ring (bicyclic) bond motifs is 1. The highest BCUT2D eigenvalue weighted by Gasteiger charge is 2.07. The Hall–Kier alpha value is -2.82. The van der Waals surface area contributed by atoms with Crippen molar-refractivity contribution >= 4 is 16.9 Å². The predicted octanol–water partition coefficient (Wildman–Crippen LogP) is 2.44. The Morgan fingerprint density at radius 1 is 1.09 bits per heavy atom. The lowest BCUT2D eigenvalue weighted by atomic mass is 10.2. The molecule has 0 bridgehead atoms. The van der Waals surface area contributed by atoms with Crippen LogP contribution in [0.1, 0.15) is 0 Å². The van der Waals surface area contributed by atoms with E-state index in [9.17, 15) is 4.79 Å². The van der Waals surface area contributed by atoms with Crippen molar-refractivity contribution in [2.45, 2.75) is 0 Å². The molecular formula is C17H17N3O2. The molecule has 0 unspecified atom stereocenters. The summed E-state index contributed by atoms with van der Waals surface area (Å²) in [5.74, 6) is 1.37. The van der Waals surface area contributed by atoms with Gasteiger partial charge in [0.15, 0.2) is 0 Å². The van der Waals surface area contributed by atoms with E-state index in [1.807, 2.05) is 60.5 Å². The molecule has 3 rings (SSSR count).